The Labute approximate surface area is 119 Å². The van der Waals surface area contributed by atoms with E-state index in [2.05, 4.69) is 4.72 Å². The number of carboxylic acid groups (broad SMARTS) is 1. The predicted molar refractivity (Wildman–Crippen MR) is 77.9 cm³/mol. The Morgan fingerprint density at radius 1 is 1.45 bits per heavy atom. The third-order valence-corrected chi connectivity index (χ3v) is 4.51. The number of carbonyl (C=O) groups is 1. The highest BCUT2D eigenvalue weighted by Crippen LogP contribution is 2.17. The van der Waals surface area contributed by atoms with E-state index in [0.717, 1.165) is 6.08 Å². The maximum atomic E-state index is 12.1. The zero-order valence-corrected chi connectivity index (χ0v) is 12.6. The Morgan fingerprint density at radius 3 is 2.60 bits per heavy atom. The van der Waals surface area contributed by atoms with Crippen LogP contribution in [0.4, 0.5) is 0 Å². The summed E-state index contributed by atoms with van der Waals surface area (Å²) < 4.78 is 26.8. The van der Waals surface area contributed by atoms with Crippen molar-refractivity contribution in [2.24, 2.45) is 0 Å². The lowest BCUT2D eigenvalue weighted by molar-refractivity contribution is -0.131. The summed E-state index contributed by atoms with van der Waals surface area (Å²) >= 11 is 0. The highest BCUT2D eigenvalue weighted by molar-refractivity contribution is 7.89. The van der Waals surface area contributed by atoms with Crippen molar-refractivity contribution in [1.29, 1.82) is 0 Å². The van der Waals surface area contributed by atoms with Gasteiger partial charge in [0.2, 0.25) is 10.0 Å². The number of nitrogens with one attached hydrogen (secondary N) is 1. The standard InChI is InChI=1S/C14H19NO4S/c1-4-11(3)15-20(18,19)13-7-5-12(10(2)9-13)6-8-14(16)17/h5-9,11,15H,4H2,1-3H3,(H,16,17). The number of hydrogen-bond donors (Lipinski definition) is 2. The van der Waals surface area contributed by atoms with Gasteiger partial charge >= 0.3 is 5.97 Å². The normalized spacial score (nSPS) is 13.6. The Hall–Kier alpha value is -1.66. The molecule has 110 valence electrons. The van der Waals surface area contributed by atoms with Crippen molar-refractivity contribution >= 4 is 22.1 Å². The van der Waals surface area contributed by atoms with Crippen molar-refractivity contribution in [3.05, 3.63) is 35.4 Å². The van der Waals surface area contributed by atoms with E-state index in [-0.39, 0.29) is 10.9 Å². The van der Waals surface area contributed by atoms with Crippen LogP contribution in [0, 0.1) is 6.92 Å². The molecule has 6 heteroatoms. The number of carboxylic acids is 1. The van der Waals surface area contributed by atoms with Gasteiger partial charge in [-0.1, -0.05) is 13.0 Å². The summed E-state index contributed by atoms with van der Waals surface area (Å²) in [7, 11) is -3.53. The summed E-state index contributed by atoms with van der Waals surface area (Å²) in [6.45, 7) is 5.44. The van der Waals surface area contributed by atoms with Crippen LogP contribution in [0.25, 0.3) is 6.08 Å². The summed E-state index contributed by atoms with van der Waals surface area (Å²) in [5, 5.41) is 8.58. The fourth-order valence-corrected chi connectivity index (χ4v) is 2.99. The van der Waals surface area contributed by atoms with E-state index in [9.17, 15) is 13.2 Å². The topological polar surface area (TPSA) is 83.5 Å². The molecule has 0 aliphatic heterocycles. The first-order valence-electron chi connectivity index (χ1n) is 6.30. The smallest absolute Gasteiger partial charge is 0.328 e. The average Bonchev–Trinajstić information content (AvgIpc) is 2.36. The second-order valence-electron chi connectivity index (χ2n) is 4.62. The molecule has 0 bridgehead atoms. The van der Waals surface area contributed by atoms with Crippen LogP contribution in [-0.4, -0.2) is 25.5 Å². The number of rotatable bonds is 6. The Kier molecular flexibility index (Phi) is 5.47. The first-order chi connectivity index (χ1) is 9.26. The quantitative estimate of drug-likeness (QED) is 0.788. The number of sulfonamides is 1. The molecule has 1 rings (SSSR count). The predicted octanol–water partition coefficient (Wildman–Crippen LogP) is 2.17. The van der Waals surface area contributed by atoms with E-state index in [1.165, 1.54) is 18.2 Å². The van der Waals surface area contributed by atoms with Crippen LogP contribution in [0.3, 0.4) is 0 Å². The fraction of sp³-hybridized carbons (Fsp3) is 0.357. The monoisotopic (exact) mass is 297 g/mol. The van der Waals surface area contributed by atoms with Gasteiger partial charge in [-0.25, -0.2) is 17.9 Å². The molecule has 1 aromatic rings. The van der Waals surface area contributed by atoms with Gasteiger partial charge in [0.25, 0.3) is 0 Å². The van der Waals surface area contributed by atoms with E-state index in [1.807, 2.05) is 6.92 Å². The van der Waals surface area contributed by atoms with Crippen molar-refractivity contribution < 1.29 is 18.3 Å². The van der Waals surface area contributed by atoms with E-state index < -0.39 is 16.0 Å². The molecule has 0 spiro atoms. The Balaban J connectivity index is 3.06. The third-order valence-electron chi connectivity index (χ3n) is 2.93. The molecule has 0 aromatic heterocycles. The number of hydrogen-bond acceptors (Lipinski definition) is 3. The van der Waals surface area contributed by atoms with Gasteiger partial charge in [-0.05, 0) is 49.6 Å². The number of benzene rings is 1. The van der Waals surface area contributed by atoms with Gasteiger partial charge < -0.3 is 5.11 Å². The van der Waals surface area contributed by atoms with Crippen molar-refractivity contribution in [2.45, 2.75) is 38.1 Å². The Bertz CT molecular complexity index is 620. The summed E-state index contributed by atoms with van der Waals surface area (Å²) in [5.41, 5.74) is 1.38. The van der Waals surface area contributed by atoms with Crippen LogP contribution in [-0.2, 0) is 14.8 Å². The zero-order valence-electron chi connectivity index (χ0n) is 11.8. The van der Waals surface area contributed by atoms with Gasteiger partial charge in [0, 0.05) is 12.1 Å². The fourth-order valence-electron chi connectivity index (χ4n) is 1.58. The van der Waals surface area contributed by atoms with Gasteiger partial charge in [0.1, 0.15) is 0 Å². The van der Waals surface area contributed by atoms with Crippen LogP contribution < -0.4 is 4.72 Å². The third kappa shape index (κ3) is 4.47. The van der Waals surface area contributed by atoms with Gasteiger partial charge in [0.15, 0.2) is 0 Å². The molecule has 0 amide bonds. The molecule has 0 radical (unpaired) electrons. The average molecular weight is 297 g/mol. The SMILES string of the molecule is CCC(C)NS(=O)(=O)c1ccc(C=CC(=O)O)c(C)c1. The molecule has 0 fully saturated rings. The highest BCUT2D eigenvalue weighted by atomic mass is 32.2. The van der Waals surface area contributed by atoms with Crippen molar-refractivity contribution in [3.63, 3.8) is 0 Å². The van der Waals surface area contributed by atoms with Crippen molar-refractivity contribution in [1.82, 2.24) is 4.72 Å². The number of aryl methyl sites for hydroxylation is 1. The summed E-state index contributed by atoms with van der Waals surface area (Å²) in [4.78, 5) is 10.7. The lowest BCUT2D eigenvalue weighted by atomic mass is 10.1. The second kappa shape index (κ2) is 6.67. The van der Waals surface area contributed by atoms with Gasteiger partial charge in [-0.15, -0.1) is 0 Å². The number of aliphatic carboxylic acids is 1. The van der Waals surface area contributed by atoms with Crippen LogP contribution in [0.15, 0.2) is 29.2 Å². The maximum Gasteiger partial charge on any atom is 0.328 e. The Morgan fingerprint density at radius 2 is 2.10 bits per heavy atom. The minimum atomic E-state index is -3.53. The van der Waals surface area contributed by atoms with Crippen molar-refractivity contribution in [2.75, 3.05) is 0 Å². The maximum absolute atomic E-state index is 12.1. The molecular weight excluding hydrogens is 278 g/mol. The molecule has 5 nitrogen and oxygen atoms in total. The summed E-state index contributed by atoms with van der Waals surface area (Å²) in [6, 6.07) is 4.47. The lowest BCUT2D eigenvalue weighted by Crippen LogP contribution is -2.32. The zero-order chi connectivity index (χ0) is 15.3. The second-order valence-corrected chi connectivity index (χ2v) is 6.33. The first kappa shape index (κ1) is 16.4. The molecular formula is C14H19NO4S. The van der Waals surface area contributed by atoms with Gasteiger partial charge in [-0.2, -0.15) is 0 Å². The molecule has 0 aliphatic rings. The molecule has 1 unspecified atom stereocenters. The largest absolute Gasteiger partial charge is 0.478 e. The minimum Gasteiger partial charge on any atom is -0.478 e. The molecule has 0 aliphatic carbocycles. The summed E-state index contributed by atoms with van der Waals surface area (Å²) in [5.74, 6) is -1.04. The highest BCUT2D eigenvalue weighted by Gasteiger charge is 2.16. The van der Waals surface area contributed by atoms with Crippen LogP contribution in [0.5, 0.6) is 0 Å². The molecule has 1 aromatic carbocycles. The summed E-state index contributed by atoms with van der Waals surface area (Å²) in [6.07, 6.45) is 3.17. The lowest BCUT2D eigenvalue weighted by Gasteiger charge is -2.13. The van der Waals surface area contributed by atoms with Crippen LogP contribution in [0.1, 0.15) is 31.4 Å². The van der Waals surface area contributed by atoms with E-state index in [4.69, 9.17) is 5.11 Å². The van der Waals surface area contributed by atoms with Crippen LogP contribution in [0.2, 0.25) is 0 Å². The first-order valence-corrected chi connectivity index (χ1v) is 7.78. The molecule has 20 heavy (non-hydrogen) atoms. The van der Waals surface area contributed by atoms with Gasteiger partial charge in [-0.3, -0.25) is 0 Å². The molecule has 2 N–H and O–H groups in total. The molecule has 0 heterocycles. The molecule has 1 atom stereocenters. The van der Waals surface area contributed by atoms with Crippen LogP contribution >= 0.6 is 0 Å². The van der Waals surface area contributed by atoms with Gasteiger partial charge in [0.05, 0.1) is 4.90 Å². The van der Waals surface area contributed by atoms with E-state index in [1.54, 1.807) is 19.9 Å². The molecule has 0 saturated heterocycles. The molecule has 0 saturated carbocycles. The minimum absolute atomic E-state index is 0.133. The van der Waals surface area contributed by atoms with E-state index in [0.29, 0.717) is 17.5 Å². The van der Waals surface area contributed by atoms with Crippen molar-refractivity contribution in [3.8, 4) is 0 Å². The van der Waals surface area contributed by atoms with E-state index >= 15 is 0 Å².